The second-order valence-electron chi connectivity index (χ2n) is 6.08. The highest BCUT2D eigenvalue weighted by Crippen LogP contribution is 2.38. The van der Waals surface area contributed by atoms with Gasteiger partial charge < -0.3 is 5.32 Å². The van der Waals surface area contributed by atoms with E-state index in [1.807, 2.05) is 13.1 Å². The van der Waals surface area contributed by atoms with E-state index >= 15 is 0 Å². The summed E-state index contributed by atoms with van der Waals surface area (Å²) in [6, 6.07) is 5.17. The van der Waals surface area contributed by atoms with Gasteiger partial charge in [-0.2, -0.15) is 0 Å². The van der Waals surface area contributed by atoms with Crippen molar-refractivity contribution in [1.29, 1.82) is 0 Å². The number of hydrogen-bond acceptors (Lipinski definition) is 1. The van der Waals surface area contributed by atoms with E-state index in [0.29, 0.717) is 16.9 Å². The molecule has 20 heavy (non-hydrogen) atoms. The molecule has 3 heteroatoms. The Balaban J connectivity index is 2.12. The summed E-state index contributed by atoms with van der Waals surface area (Å²) >= 11 is 6.12. The van der Waals surface area contributed by atoms with Crippen molar-refractivity contribution in [3.63, 3.8) is 0 Å². The fourth-order valence-corrected chi connectivity index (χ4v) is 3.77. The average Bonchev–Trinajstić information content (AvgIpc) is 2.46. The summed E-state index contributed by atoms with van der Waals surface area (Å²) in [5, 5.41) is 3.62. The molecule has 1 aromatic carbocycles. The number of hydrogen-bond donors (Lipinski definition) is 1. The number of rotatable bonds is 5. The molecule has 1 aliphatic rings. The van der Waals surface area contributed by atoms with Crippen molar-refractivity contribution < 1.29 is 4.39 Å². The van der Waals surface area contributed by atoms with Gasteiger partial charge in [-0.05, 0) is 62.2 Å². The minimum Gasteiger partial charge on any atom is -0.319 e. The SMILES string of the molecule is CCC1CCC(CNC)C(Cc2cccc(F)c2Cl)C1. The van der Waals surface area contributed by atoms with Gasteiger partial charge in [0.1, 0.15) is 5.82 Å². The molecule has 2 rings (SSSR count). The predicted octanol–water partition coefficient (Wildman–Crippen LogP) is 4.68. The van der Waals surface area contributed by atoms with E-state index < -0.39 is 0 Å². The Kier molecular flexibility index (Phi) is 5.86. The maximum Gasteiger partial charge on any atom is 0.142 e. The fourth-order valence-electron chi connectivity index (χ4n) is 3.56. The van der Waals surface area contributed by atoms with Crippen LogP contribution in [0.1, 0.15) is 38.2 Å². The van der Waals surface area contributed by atoms with Crippen molar-refractivity contribution >= 4 is 11.6 Å². The van der Waals surface area contributed by atoms with Gasteiger partial charge in [0, 0.05) is 0 Å². The summed E-state index contributed by atoms with van der Waals surface area (Å²) in [6.45, 7) is 3.32. The molecule has 0 spiro atoms. The van der Waals surface area contributed by atoms with E-state index in [1.54, 1.807) is 6.07 Å². The molecule has 0 amide bonds. The standard InChI is InChI=1S/C17H25ClFN/c1-3-12-7-8-14(11-20-2)15(9-12)10-13-5-4-6-16(19)17(13)18/h4-6,12,14-15,20H,3,7-11H2,1-2H3. The van der Waals surface area contributed by atoms with Gasteiger partial charge in [-0.15, -0.1) is 0 Å². The first-order chi connectivity index (χ1) is 9.65. The molecule has 0 heterocycles. The normalized spacial score (nSPS) is 26.7. The van der Waals surface area contributed by atoms with Crippen LogP contribution in [-0.2, 0) is 6.42 Å². The fraction of sp³-hybridized carbons (Fsp3) is 0.647. The van der Waals surface area contributed by atoms with E-state index in [2.05, 4.69) is 12.2 Å². The van der Waals surface area contributed by atoms with Crippen LogP contribution < -0.4 is 5.32 Å². The minimum absolute atomic E-state index is 0.294. The van der Waals surface area contributed by atoms with Crippen LogP contribution >= 0.6 is 11.6 Å². The molecule has 1 fully saturated rings. The summed E-state index contributed by atoms with van der Waals surface area (Å²) in [5.74, 6) is 1.82. The molecule has 3 unspecified atom stereocenters. The highest BCUT2D eigenvalue weighted by molar-refractivity contribution is 6.31. The highest BCUT2D eigenvalue weighted by Gasteiger charge is 2.29. The van der Waals surface area contributed by atoms with Gasteiger partial charge in [-0.3, -0.25) is 0 Å². The van der Waals surface area contributed by atoms with Gasteiger partial charge in [0.2, 0.25) is 0 Å². The van der Waals surface area contributed by atoms with Crippen LogP contribution in [0.5, 0.6) is 0 Å². The third kappa shape index (κ3) is 3.73. The van der Waals surface area contributed by atoms with Crippen molar-refractivity contribution in [1.82, 2.24) is 5.32 Å². The molecular formula is C17H25ClFN. The first-order valence-corrected chi connectivity index (χ1v) is 8.11. The van der Waals surface area contributed by atoms with Crippen molar-refractivity contribution in [3.8, 4) is 0 Å². The smallest absolute Gasteiger partial charge is 0.142 e. The predicted molar refractivity (Wildman–Crippen MR) is 83.7 cm³/mol. The van der Waals surface area contributed by atoms with Crippen molar-refractivity contribution in [2.75, 3.05) is 13.6 Å². The molecular weight excluding hydrogens is 273 g/mol. The summed E-state index contributed by atoms with van der Waals surface area (Å²) in [4.78, 5) is 0. The molecule has 0 aromatic heterocycles. The largest absolute Gasteiger partial charge is 0.319 e. The zero-order chi connectivity index (χ0) is 14.5. The minimum atomic E-state index is -0.294. The Bertz CT molecular complexity index is 435. The van der Waals surface area contributed by atoms with Crippen molar-refractivity contribution in [2.45, 2.75) is 39.0 Å². The van der Waals surface area contributed by atoms with Crippen LogP contribution in [0.25, 0.3) is 0 Å². The monoisotopic (exact) mass is 297 g/mol. The van der Waals surface area contributed by atoms with Crippen LogP contribution in [0.4, 0.5) is 4.39 Å². The Morgan fingerprint density at radius 2 is 2.10 bits per heavy atom. The first-order valence-electron chi connectivity index (χ1n) is 7.73. The van der Waals surface area contributed by atoms with E-state index in [0.717, 1.165) is 24.4 Å². The summed E-state index contributed by atoms with van der Waals surface area (Å²) in [7, 11) is 2.01. The second-order valence-corrected chi connectivity index (χ2v) is 6.46. The Hall–Kier alpha value is -0.600. The molecule has 0 bridgehead atoms. The molecule has 3 atom stereocenters. The Morgan fingerprint density at radius 3 is 2.80 bits per heavy atom. The maximum absolute atomic E-state index is 13.6. The zero-order valence-electron chi connectivity index (χ0n) is 12.5. The first kappa shape index (κ1) is 15.8. The van der Waals surface area contributed by atoms with Gasteiger partial charge in [-0.25, -0.2) is 4.39 Å². The van der Waals surface area contributed by atoms with Crippen LogP contribution in [0, 0.1) is 23.6 Å². The topological polar surface area (TPSA) is 12.0 Å². The lowest BCUT2D eigenvalue weighted by molar-refractivity contribution is 0.173. The molecule has 112 valence electrons. The van der Waals surface area contributed by atoms with Crippen molar-refractivity contribution in [2.24, 2.45) is 17.8 Å². The lowest BCUT2D eigenvalue weighted by Gasteiger charge is -2.36. The van der Waals surface area contributed by atoms with Crippen molar-refractivity contribution in [3.05, 3.63) is 34.6 Å². The van der Waals surface area contributed by atoms with Crippen LogP contribution in [0.2, 0.25) is 5.02 Å². The average molecular weight is 298 g/mol. The molecule has 1 saturated carbocycles. The van der Waals surface area contributed by atoms with Gasteiger partial charge in [-0.1, -0.05) is 43.5 Å². The van der Waals surface area contributed by atoms with Crippen LogP contribution in [-0.4, -0.2) is 13.6 Å². The third-order valence-electron chi connectivity index (χ3n) is 4.81. The van der Waals surface area contributed by atoms with E-state index in [1.165, 1.54) is 31.7 Å². The number of nitrogens with one attached hydrogen (secondary N) is 1. The quantitative estimate of drug-likeness (QED) is 0.832. The molecule has 0 radical (unpaired) electrons. The summed E-state index contributed by atoms with van der Waals surface area (Å²) < 4.78 is 13.6. The van der Waals surface area contributed by atoms with E-state index in [4.69, 9.17) is 11.6 Å². The molecule has 1 aliphatic carbocycles. The summed E-state index contributed by atoms with van der Waals surface area (Å²) in [6.07, 6.45) is 6.00. The molecule has 1 nitrogen and oxygen atoms in total. The number of benzene rings is 1. The zero-order valence-corrected chi connectivity index (χ0v) is 13.2. The number of halogens is 2. The molecule has 0 aliphatic heterocycles. The second kappa shape index (κ2) is 7.42. The van der Waals surface area contributed by atoms with Gasteiger partial charge >= 0.3 is 0 Å². The molecule has 0 saturated heterocycles. The van der Waals surface area contributed by atoms with Gasteiger partial charge in [0.15, 0.2) is 0 Å². The van der Waals surface area contributed by atoms with Gasteiger partial charge in [0.25, 0.3) is 0 Å². The lowest BCUT2D eigenvalue weighted by atomic mass is 9.71. The summed E-state index contributed by atoms with van der Waals surface area (Å²) in [5.41, 5.74) is 0.967. The van der Waals surface area contributed by atoms with Crippen LogP contribution in [0.3, 0.4) is 0 Å². The van der Waals surface area contributed by atoms with E-state index in [9.17, 15) is 4.39 Å². The lowest BCUT2D eigenvalue weighted by Crippen LogP contribution is -2.33. The highest BCUT2D eigenvalue weighted by atomic mass is 35.5. The van der Waals surface area contributed by atoms with Crippen LogP contribution in [0.15, 0.2) is 18.2 Å². The van der Waals surface area contributed by atoms with E-state index in [-0.39, 0.29) is 5.82 Å². The maximum atomic E-state index is 13.6. The Labute approximate surface area is 126 Å². The molecule has 1 aromatic rings. The Morgan fingerprint density at radius 1 is 1.30 bits per heavy atom. The third-order valence-corrected chi connectivity index (χ3v) is 5.23. The van der Waals surface area contributed by atoms with Gasteiger partial charge in [0.05, 0.1) is 5.02 Å². The molecule has 1 N–H and O–H groups in total.